The smallest absolute Gasteiger partial charge is 0.335 e. The normalized spacial score (nSPS) is 16.4. The number of carbonyl (C=O) groups is 2. The van der Waals surface area contributed by atoms with E-state index in [2.05, 4.69) is 31.1 Å². The third-order valence-electron chi connectivity index (χ3n) is 7.43. The van der Waals surface area contributed by atoms with Crippen LogP contribution >= 0.6 is 11.6 Å². The Kier molecular flexibility index (Phi) is 7.87. The molecule has 0 aliphatic heterocycles. The summed E-state index contributed by atoms with van der Waals surface area (Å²) in [5, 5.41) is 14.0. The van der Waals surface area contributed by atoms with Crippen molar-refractivity contribution in [1.29, 1.82) is 0 Å². The first-order valence-electron chi connectivity index (χ1n) is 13.8. The van der Waals surface area contributed by atoms with Crippen molar-refractivity contribution in [3.63, 3.8) is 0 Å². The van der Waals surface area contributed by atoms with Gasteiger partial charge in [0.2, 0.25) is 5.91 Å². The Morgan fingerprint density at radius 1 is 1.05 bits per heavy atom. The number of nitrogens with one attached hydrogen (secondary N) is 2. The van der Waals surface area contributed by atoms with Crippen LogP contribution in [0.1, 0.15) is 57.7 Å². The highest BCUT2D eigenvalue weighted by Gasteiger charge is 2.31. The Balaban J connectivity index is 1.56. The molecule has 3 aromatic carbocycles. The molecule has 4 aromatic rings. The Morgan fingerprint density at radius 3 is 2.44 bits per heavy atom. The molecule has 2 atom stereocenters. The standard InChI is InChI=1S/C34H34ClN3O3/c1-20-16-25(26-17-22(35)14-15-23(26)31-36-28-12-8-9-13-29(28)37-31)27(33(40)41)18-24(20)32(39)38-30(19-34(2,3)4)21-10-6-5-7-11-21/h5-15,17-18,20,30H,16,19H2,1-4H3,(H,36,37)(H,38,39)(H,40,41)/t20-,30?/m0/s1. The second-order valence-corrected chi connectivity index (χ2v) is 12.3. The number of fused-ring (bicyclic) bond motifs is 1. The highest BCUT2D eigenvalue weighted by atomic mass is 35.5. The second kappa shape index (κ2) is 11.4. The van der Waals surface area contributed by atoms with E-state index in [0.29, 0.717) is 34.0 Å². The van der Waals surface area contributed by atoms with E-state index in [4.69, 9.17) is 16.6 Å². The number of hydrogen-bond acceptors (Lipinski definition) is 3. The number of carboxylic acids is 1. The molecule has 0 saturated carbocycles. The van der Waals surface area contributed by atoms with E-state index < -0.39 is 5.97 Å². The maximum atomic E-state index is 13.7. The predicted molar refractivity (Wildman–Crippen MR) is 164 cm³/mol. The summed E-state index contributed by atoms with van der Waals surface area (Å²) in [4.78, 5) is 34.4. The highest BCUT2D eigenvalue weighted by Crippen LogP contribution is 2.41. The van der Waals surface area contributed by atoms with E-state index in [1.54, 1.807) is 12.1 Å². The van der Waals surface area contributed by atoms with Gasteiger partial charge in [-0.1, -0.05) is 81.8 Å². The van der Waals surface area contributed by atoms with Crippen LogP contribution in [0.2, 0.25) is 5.02 Å². The van der Waals surface area contributed by atoms with E-state index in [1.807, 2.05) is 67.6 Å². The van der Waals surface area contributed by atoms with Gasteiger partial charge in [-0.15, -0.1) is 0 Å². The van der Waals surface area contributed by atoms with E-state index in [1.165, 1.54) is 6.08 Å². The maximum Gasteiger partial charge on any atom is 0.335 e. The maximum absolute atomic E-state index is 13.7. The zero-order chi connectivity index (χ0) is 29.3. The lowest BCUT2D eigenvalue weighted by Crippen LogP contribution is -2.34. The van der Waals surface area contributed by atoms with Crippen LogP contribution in [0.5, 0.6) is 0 Å². The van der Waals surface area contributed by atoms with Gasteiger partial charge in [0.1, 0.15) is 5.82 Å². The van der Waals surface area contributed by atoms with Crippen molar-refractivity contribution < 1.29 is 14.7 Å². The number of nitrogens with zero attached hydrogens (tertiary/aromatic N) is 1. The van der Waals surface area contributed by atoms with Crippen LogP contribution in [-0.4, -0.2) is 27.0 Å². The molecule has 210 valence electrons. The van der Waals surface area contributed by atoms with E-state index >= 15 is 0 Å². The summed E-state index contributed by atoms with van der Waals surface area (Å²) in [6.07, 6.45) is 2.63. The van der Waals surface area contributed by atoms with Gasteiger partial charge in [-0.3, -0.25) is 4.79 Å². The summed E-state index contributed by atoms with van der Waals surface area (Å²) < 4.78 is 0. The molecule has 1 aliphatic carbocycles. The molecule has 1 aliphatic rings. The van der Waals surface area contributed by atoms with Crippen LogP contribution in [0, 0.1) is 11.3 Å². The molecule has 5 rings (SSSR count). The number of carboxylic acid groups (broad SMARTS) is 1. The summed E-state index contributed by atoms with van der Waals surface area (Å²) in [6, 6.07) is 22.8. The van der Waals surface area contributed by atoms with Gasteiger partial charge in [0, 0.05) is 16.2 Å². The minimum Gasteiger partial charge on any atom is -0.478 e. The van der Waals surface area contributed by atoms with Crippen molar-refractivity contribution in [3.8, 4) is 11.4 Å². The molecule has 0 radical (unpaired) electrons. The van der Waals surface area contributed by atoms with Crippen LogP contribution < -0.4 is 5.32 Å². The number of imidazole rings is 1. The molecule has 0 fully saturated rings. The van der Waals surface area contributed by atoms with Gasteiger partial charge >= 0.3 is 5.97 Å². The fourth-order valence-electron chi connectivity index (χ4n) is 5.49. The van der Waals surface area contributed by atoms with Gasteiger partial charge in [0.25, 0.3) is 0 Å². The molecular formula is C34H34ClN3O3. The minimum absolute atomic E-state index is 0.0285. The molecule has 0 saturated heterocycles. The monoisotopic (exact) mass is 567 g/mol. The number of allylic oxidation sites excluding steroid dienone is 1. The molecule has 41 heavy (non-hydrogen) atoms. The van der Waals surface area contributed by atoms with Gasteiger partial charge in [-0.2, -0.15) is 0 Å². The number of rotatable bonds is 7. The SMILES string of the molecule is C[C@H]1CC(c2cc(Cl)ccc2-c2nc3ccccc3[nH]2)=C(C(=O)O)C=C1C(=O)NC(CC(C)(C)C)c1ccccc1. The number of aromatic amines is 1. The zero-order valence-corrected chi connectivity index (χ0v) is 24.4. The fraction of sp³-hybridized carbons (Fsp3) is 0.265. The summed E-state index contributed by atoms with van der Waals surface area (Å²) in [6.45, 7) is 8.37. The predicted octanol–water partition coefficient (Wildman–Crippen LogP) is 7.98. The fourth-order valence-corrected chi connectivity index (χ4v) is 5.66. The Labute approximate surface area is 245 Å². The Morgan fingerprint density at radius 2 is 1.76 bits per heavy atom. The zero-order valence-electron chi connectivity index (χ0n) is 23.7. The first kappa shape index (κ1) is 28.4. The van der Waals surface area contributed by atoms with Crippen LogP contribution in [-0.2, 0) is 9.59 Å². The number of para-hydroxylation sites is 2. The van der Waals surface area contributed by atoms with E-state index in [9.17, 15) is 14.7 Å². The molecule has 0 bridgehead atoms. The number of benzene rings is 3. The summed E-state index contributed by atoms with van der Waals surface area (Å²) in [5.41, 5.74) is 5.28. The number of carbonyl (C=O) groups excluding carboxylic acids is 1. The Bertz CT molecular complexity index is 1650. The van der Waals surface area contributed by atoms with Crippen molar-refractivity contribution in [3.05, 3.63) is 106 Å². The number of aromatic nitrogens is 2. The van der Waals surface area contributed by atoms with Crippen LogP contribution in [0.3, 0.4) is 0 Å². The van der Waals surface area contributed by atoms with Gasteiger partial charge in [0.15, 0.2) is 0 Å². The topological polar surface area (TPSA) is 95.1 Å². The second-order valence-electron chi connectivity index (χ2n) is 11.9. The third-order valence-corrected chi connectivity index (χ3v) is 7.67. The number of aliphatic carboxylic acids is 1. The van der Waals surface area contributed by atoms with Crippen LogP contribution in [0.4, 0.5) is 0 Å². The quantitative estimate of drug-likeness (QED) is 0.211. The first-order chi connectivity index (χ1) is 19.5. The molecule has 1 heterocycles. The molecule has 1 unspecified atom stereocenters. The van der Waals surface area contributed by atoms with Crippen LogP contribution in [0.15, 0.2) is 90.0 Å². The van der Waals surface area contributed by atoms with Gasteiger partial charge in [-0.05, 0) is 77.3 Å². The summed E-state index contributed by atoms with van der Waals surface area (Å²) >= 11 is 6.43. The van der Waals surface area contributed by atoms with E-state index in [0.717, 1.165) is 28.6 Å². The number of halogens is 1. The van der Waals surface area contributed by atoms with Crippen LogP contribution in [0.25, 0.3) is 28.0 Å². The number of amides is 1. The molecule has 1 aromatic heterocycles. The lowest BCUT2D eigenvalue weighted by molar-refractivity contribution is -0.132. The molecule has 6 nitrogen and oxygen atoms in total. The summed E-state index contributed by atoms with van der Waals surface area (Å²) in [7, 11) is 0. The van der Waals surface area contributed by atoms with Crippen molar-refractivity contribution in [2.75, 3.05) is 0 Å². The largest absolute Gasteiger partial charge is 0.478 e. The average Bonchev–Trinajstić information content (AvgIpc) is 3.36. The molecule has 7 heteroatoms. The molecule has 0 spiro atoms. The lowest BCUT2D eigenvalue weighted by Gasteiger charge is -2.30. The van der Waals surface area contributed by atoms with E-state index in [-0.39, 0.29) is 28.9 Å². The van der Waals surface area contributed by atoms with Gasteiger partial charge in [0.05, 0.1) is 22.6 Å². The lowest BCUT2D eigenvalue weighted by atomic mass is 9.79. The Hall–Kier alpha value is -4.16. The van der Waals surface area contributed by atoms with Crippen molar-refractivity contribution in [2.24, 2.45) is 11.3 Å². The molecule has 3 N–H and O–H groups in total. The van der Waals surface area contributed by atoms with Crippen molar-refractivity contribution in [2.45, 2.75) is 46.6 Å². The first-order valence-corrected chi connectivity index (χ1v) is 14.2. The average molecular weight is 568 g/mol. The number of H-pyrrole nitrogens is 1. The van der Waals surface area contributed by atoms with Crippen molar-refractivity contribution in [1.82, 2.24) is 15.3 Å². The highest BCUT2D eigenvalue weighted by molar-refractivity contribution is 6.31. The molecular weight excluding hydrogens is 534 g/mol. The third kappa shape index (κ3) is 6.28. The van der Waals surface area contributed by atoms with Gasteiger partial charge < -0.3 is 15.4 Å². The molecule has 1 amide bonds. The number of hydrogen-bond donors (Lipinski definition) is 3. The van der Waals surface area contributed by atoms with Crippen molar-refractivity contribution >= 4 is 40.1 Å². The van der Waals surface area contributed by atoms with Gasteiger partial charge in [-0.25, -0.2) is 9.78 Å². The summed E-state index contributed by atoms with van der Waals surface area (Å²) in [5.74, 6) is -0.941. The minimum atomic E-state index is -1.10.